The normalized spacial score (nSPS) is 11.4. The smallest absolute Gasteiger partial charge is 0.335 e. The maximum atomic E-state index is 12.6. The number of aromatic nitrogens is 2. The minimum atomic E-state index is -1.000. The van der Waals surface area contributed by atoms with Gasteiger partial charge in [-0.25, -0.2) is 9.78 Å². The summed E-state index contributed by atoms with van der Waals surface area (Å²) in [5, 5.41) is 10.1. The highest BCUT2D eigenvalue weighted by molar-refractivity contribution is 6.10. The molecule has 0 bridgehead atoms. The quantitative estimate of drug-likeness (QED) is 0.683. The third-order valence-corrected chi connectivity index (χ3v) is 4.28. The Kier molecular flexibility index (Phi) is 4.44. The number of benzene rings is 1. The summed E-state index contributed by atoms with van der Waals surface area (Å²) in [5.74, 6) is -0.362. The van der Waals surface area contributed by atoms with Crippen LogP contribution in [-0.2, 0) is 6.54 Å². The van der Waals surface area contributed by atoms with E-state index in [9.17, 15) is 14.7 Å². The summed E-state index contributed by atoms with van der Waals surface area (Å²) in [5.41, 5.74) is 2.43. The van der Waals surface area contributed by atoms with Gasteiger partial charge in [-0.15, -0.1) is 0 Å². The number of hydrogen-bond acceptors (Lipinski definition) is 4. The number of ketones is 1. The molecule has 0 radical (unpaired) electrons. The van der Waals surface area contributed by atoms with Gasteiger partial charge in [-0.1, -0.05) is 26.8 Å². The predicted molar refractivity (Wildman–Crippen MR) is 93.2 cm³/mol. The fourth-order valence-corrected chi connectivity index (χ4v) is 3.21. The highest BCUT2D eigenvalue weighted by Gasteiger charge is 2.25. The Morgan fingerprint density at radius 2 is 2.08 bits per heavy atom. The number of carboxylic acids is 1. The molecule has 130 valence electrons. The molecule has 0 aliphatic rings. The molecule has 0 saturated carbocycles. The number of nitrogens with zero attached hydrogens (tertiary/aromatic N) is 2. The van der Waals surface area contributed by atoms with Crippen molar-refractivity contribution in [3.8, 4) is 0 Å². The standard InChI is InChI=1S/C19H20N2O4/c1-4-15(22)17-13-6-5-12(19(23)24)9-14(13)21(18(17)11(2)3)10-16-20-7-8-25-16/h5-9,11H,4,10H2,1-3H3,(H,23,24). The van der Waals surface area contributed by atoms with Crippen LogP contribution in [0.1, 0.15) is 65.4 Å². The molecule has 6 nitrogen and oxygen atoms in total. The molecule has 0 amide bonds. The van der Waals surface area contributed by atoms with Crippen molar-refractivity contribution >= 4 is 22.7 Å². The molecule has 0 spiro atoms. The second kappa shape index (κ2) is 6.55. The molecule has 1 aromatic carbocycles. The average Bonchev–Trinajstić information content (AvgIpc) is 3.20. The predicted octanol–water partition coefficient (Wildman–Crippen LogP) is 4.09. The van der Waals surface area contributed by atoms with Gasteiger partial charge in [0, 0.05) is 23.1 Å². The van der Waals surface area contributed by atoms with Crippen LogP contribution in [0.15, 0.2) is 35.1 Å². The Bertz CT molecular complexity index is 936. The largest absolute Gasteiger partial charge is 0.478 e. The van der Waals surface area contributed by atoms with E-state index in [0.29, 0.717) is 29.9 Å². The summed E-state index contributed by atoms with van der Waals surface area (Å²) >= 11 is 0. The molecule has 2 heterocycles. The fraction of sp³-hybridized carbons (Fsp3) is 0.316. The molecule has 0 aliphatic carbocycles. The number of oxazole rings is 1. The molecule has 6 heteroatoms. The van der Waals surface area contributed by atoms with Crippen LogP contribution in [0, 0.1) is 0 Å². The molecule has 2 aromatic heterocycles. The summed E-state index contributed by atoms with van der Waals surface area (Å²) in [6.45, 7) is 6.21. The molecule has 0 atom stereocenters. The molecule has 0 saturated heterocycles. The number of Topliss-reactive ketones (excluding diaryl/α,β-unsaturated/α-hetero) is 1. The van der Waals surface area contributed by atoms with Gasteiger partial charge < -0.3 is 14.1 Å². The molecule has 25 heavy (non-hydrogen) atoms. The monoisotopic (exact) mass is 340 g/mol. The summed E-state index contributed by atoms with van der Waals surface area (Å²) in [6.07, 6.45) is 3.45. The zero-order chi connectivity index (χ0) is 18.1. The SMILES string of the molecule is CCC(=O)c1c(C(C)C)n(Cc2ncco2)c2cc(C(=O)O)ccc12. The molecule has 3 rings (SSSR count). The van der Waals surface area contributed by atoms with Crippen molar-refractivity contribution in [2.75, 3.05) is 0 Å². The number of aromatic carboxylic acids is 1. The lowest BCUT2D eigenvalue weighted by atomic mass is 9.98. The van der Waals surface area contributed by atoms with E-state index in [4.69, 9.17) is 4.42 Å². The van der Waals surface area contributed by atoms with Crippen LogP contribution in [0.4, 0.5) is 0 Å². The Morgan fingerprint density at radius 1 is 1.32 bits per heavy atom. The highest BCUT2D eigenvalue weighted by Crippen LogP contribution is 2.33. The summed E-state index contributed by atoms with van der Waals surface area (Å²) in [4.78, 5) is 28.2. The van der Waals surface area contributed by atoms with E-state index in [0.717, 1.165) is 11.1 Å². The van der Waals surface area contributed by atoms with E-state index >= 15 is 0 Å². The van der Waals surface area contributed by atoms with Crippen molar-refractivity contribution in [2.45, 2.75) is 39.7 Å². The van der Waals surface area contributed by atoms with Crippen LogP contribution in [0.5, 0.6) is 0 Å². The third-order valence-electron chi connectivity index (χ3n) is 4.28. The Labute approximate surface area is 145 Å². The zero-order valence-corrected chi connectivity index (χ0v) is 14.4. The third kappa shape index (κ3) is 2.95. The van der Waals surface area contributed by atoms with Crippen molar-refractivity contribution in [1.29, 1.82) is 0 Å². The average molecular weight is 340 g/mol. The van der Waals surface area contributed by atoms with Crippen LogP contribution in [0.25, 0.3) is 10.9 Å². The molecule has 0 unspecified atom stereocenters. The summed E-state index contributed by atoms with van der Waals surface area (Å²) in [6, 6.07) is 4.87. The zero-order valence-electron chi connectivity index (χ0n) is 14.4. The first-order valence-electron chi connectivity index (χ1n) is 8.25. The molecular weight excluding hydrogens is 320 g/mol. The van der Waals surface area contributed by atoms with Gasteiger partial charge in [-0.3, -0.25) is 4.79 Å². The number of rotatable bonds is 6. The van der Waals surface area contributed by atoms with Crippen LogP contribution in [0.3, 0.4) is 0 Å². The lowest BCUT2D eigenvalue weighted by molar-refractivity contribution is 0.0697. The lowest BCUT2D eigenvalue weighted by Crippen LogP contribution is -2.10. The van der Waals surface area contributed by atoms with Gasteiger partial charge in [0.15, 0.2) is 5.78 Å². The molecular formula is C19H20N2O4. The van der Waals surface area contributed by atoms with Crippen LogP contribution in [-0.4, -0.2) is 26.4 Å². The van der Waals surface area contributed by atoms with Gasteiger partial charge in [0.05, 0.1) is 23.8 Å². The van der Waals surface area contributed by atoms with Gasteiger partial charge in [0.25, 0.3) is 0 Å². The van der Waals surface area contributed by atoms with Gasteiger partial charge >= 0.3 is 5.97 Å². The summed E-state index contributed by atoms with van der Waals surface area (Å²) in [7, 11) is 0. The van der Waals surface area contributed by atoms with Crippen LogP contribution >= 0.6 is 0 Å². The number of fused-ring (bicyclic) bond motifs is 1. The second-order valence-corrected chi connectivity index (χ2v) is 6.24. The Hall–Kier alpha value is -2.89. The Morgan fingerprint density at radius 3 is 2.64 bits per heavy atom. The van der Waals surface area contributed by atoms with E-state index in [1.807, 2.05) is 25.3 Å². The second-order valence-electron chi connectivity index (χ2n) is 6.24. The first-order chi connectivity index (χ1) is 11.9. The van der Waals surface area contributed by atoms with Crippen molar-refractivity contribution < 1.29 is 19.1 Å². The maximum Gasteiger partial charge on any atom is 0.335 e. The lowest BCUT2D eigenvalue weighted by Gasteiger charge is -2.13. The van der Waals surface area contributed by atoms with Crippen LogP contribution < -0.4 is 0 Å². The van der Waals surface area contributed by atoms with Crippen LogP contribution in [0.2, 0.25) is 0 Å². The minimum Gasteiger partial charge on any atom is -0.478 e. The topological polar surface area (TPSA) is 85.3 Å². The first kappa shape index (κ1) is 17.0. The van der Waals surface area contributed by atoms with E-state index in [1.165, 1.54) is 12.3 Å². The number of carbonyl (C=O) groups excluding carboxylic acids is 1. The van der Waals surface area contributed by atoms with E-state index in [-0.39, 0.29) is 17.3 Å². The Balaban J connectivity index is 2.34. The number of carboxylic acid groups (broad SMARTS) is 1. The van der Waals surface area contributed by atoms with E-state index < -0.39 is 5.97 Å². The molecule has 1 N–H and O–H groups in total. The molecule has 3 aromatic rings. The number of hydrogen-bond donors (Lipinski definition) is 1. The minimum absolute atomic E-state index is 0.0444. The molecule has 0 fully saturated rings. The van der Waals surface area contributed by atoms with Gasteiger partial charge in [-0.05, 0) is 18.1 Å². The van der Waals surface area contributed by atoms with Gasteiger partial charge in [0.2, 0.25) is 5.89 Å². The van der Waals surface area contributed by atoms with Crippen molar-refractivity contribution in [3.05, 3.63) is 53.4 Å². The first-order valence-corrected chi connectivity index (χ1v) is 8.25. The summed E-state index contributed by atoms with van der Waals surface area (Å²) < 4.78 is 7.31. The van der Waals surface area contributed by atoms with Crippen molar-refractivity contribution in [2.24, 2.45) is 0 Å². The van der Waals surface area contributed by atoms with Crippen molar-refractivity contribution in [3.63, 3.8) is 0 Å². The number of carbonyl (C=O) groups is 2. The van der Waals surface area contributed by atoms with Crippen molar-refractivity contribution in [1.82, 2.24) is 9.55 Å². The van der Waals surface area contributed by atoms with Gasteiger partial charge in [0.1, 0.15) is 6.26 Å². The van der Waals surface area contributed by atoms with E-state index in [2.05, 4.69) is 4.98 Å². The highest BCUT2D eigenvalue weighted by atomic mass is 16.4. The molecule has 0 aliphatic heterocycles. The fourth-order valence-electron chi connectivity index (χ4n) is 3.21. The maximum absolute atomic E-state index is 12.6. The van der Waals surface area contributed by atoms with Gasteiger partial charge in [-0.2, -0.15) is 0 Å². The van der Waals surface area contributed by atoms with E-state index in [1.54, 1.807) is 18.3 Å².